The van der Waals surface area contributed by atoms with Crippen LogP contribution in [-0.2, 0) is 15.6 Å². The highest BCUT2D eigenvalue weighted by Crippen LogP contribution is 2.22. The van der Waals surface area contributed by atoms with Crippen LogP contribution in [0.3, 0.4) is 0 Å². The molecule has 0 bridgehead atoms. The van der Waals surface area contributed by atoms with Crippen LogP contribution in [0.5, 0.6) is 0 Å². The summed E-state index contributed by atoms with van der Waals surface area (Å²) in [5.41, 5.74) is 0.381. The Hall–Kier alpha value is -1.05. The summed E-state index contributed by atoms with van der Waals surface area (Å²) < 4.78 is 24.0. The second-order valence-corrected chi connectivity index (χ2v) is 8.29. The fraction of sp³-hybridized carbons (Fsp3) is 0.533. The Balaban J connectivity index is 2.43. The molecule has 1 rings (SSSR count). The van der Waals surface area contributed by atoms with Crippen molar-refractivity contribution >= 4 is 21.4 Å². The molecular weight excluding hydrogens is 294 g/mol. The summed E-state index contributed by atoms with van der Waals surface area (Å²) in [5, 5.41) is 9.49. The van der Waals surface area contributed by atoms with Crippen molar-refractivity contribution in [3.63, 3.8) is 0 Å². The van der Waals surface area contributed by atoms with Crippen LogP contribution in [0.4, 0.5) is 0 Å². The first-order chi connectivity index (χ1) is 9.24. The third kappa shape index (κ3) is 6.40. The van der Waals surface area contributed by atoms with Gasteiger partial charge in [0.25, 0.3) is 0 Å². The fourth-order valence-electron chi connectivity index (χ4n) is 1.85. The van der Waals surface area contributed by atoms with E-state index >= 15 is 0 Å². The average Bonchev–Trinajstić information content (AvgIpc) is 2.37. The maximum absolute atomic E-state index is 12.0. The minimum Gasteiger partial charge on any atom is -0.228 e. The summed E-state index contributed by atoms with van der Waals surface area (Å²) in [6, 6.07) is 9.08. The second kappa shape index (κ2) is 7.10. The normalized spacial score (nSPS) is 12.1. The molecule has 0 aromatic heterocycles. The van der Waals surface area contributed by atoms with Crippen LogP contribution in [0.1, 0.15) is 38.7 Å². The van der Waals surface area contributed by atoms with Gasteiger partial charge in [-0.2, -0.15) is 5.26 Å². The number of benzene rings is 1. The summed E-state index contributed by atoms with van der Waals surface area (Å²) in [6.45, 7) is 3.74. The molecule has 0 aliphatic rings. The van der Waals surface area contributed by atoms with Gasteiger partial charge in [-0.3, -0.25) is 0 Å². The Labute approximate surface area is 126 Å². The first-order valence-electron chi connectivity index (χ1n) is 6.60. The third-order valence-electron chi connectivity index (χ3n) is 3.11. The lowest BCUT2D eigenvalue weighted by molar-refractivity contribution is 0.431. The standard InChI is InChI=1S/C15H20ClNO2S/c1-15(2,12-17)9-3-4-10-20(18,19)11-13-5-7-14(16)8-6-13/h5-8H,3-4,9-11H2,1-2H3. The summed E-state index contributed by atoms with van der Waals surface area (Å²) in [5.74, 6) is 0.211. The molecule has 0 saturated heterocycles. The molecule has 1 aromatic carbocycles. The van der Waals surface area contributed by atoms with E-state index in [-0.39, 0.29) is 16.9 Å². The zero-order valence-corrected chi connectivity index (χ0v) is 13.5. The van der Waals surface area contributed by atoms with Crippen molar-refractivity contribution < 1.29 is 8.42 Å². The molecule has 0 aliphatic carbocycles. The number of hydrogen-bond donors (Lipinski definition) is 0. The van der Waals surface area contributed by atoms with Crippen molar-refractivity contribution in [1.29, 1.82) is 5.26 Å². The van der Waals surface area contributed by atoms with E-state index in [9.17, 15) is 8.42 Å². The van der Waals surface area contributed by atoms with E-state index in [1.54, 1.807) is 24.3 Å². The predicted molar refractivity (Wildman–Crippen MR) is 82.2 cm³/mol. The highest BCUT2D eigenvalue weighted by atomic mass is 35.5. The fourth-order valence-corrected chi connectivity index (χ4v) is 3.47. The van der Waals surface area contributed by atoms with E-state index in [0.29, 0.717) is 11.4 Å². The maximum atomic E-state index is 12.0. The van der Waals surface area contributed by atoms with E-state index in [0.717, 1.165) is 18.4 Å². The quantitative estimate of drug-likeness (QED) is 0.715. The van der Waals surface area contributed by atoms with Gasteiger partial charge in [0.05, 0.1) is 23.0 Å². The van der Waals surface area contributed by atoms with E-state index in [4.69, 9.17) is 16.9 Å². The van der Waals surface area contributed by atoms with Crippen LogP contribution in [-0.4, -0.2) is 14.2 Å². The zero-order valence-electron chi connectivity index (χ0n) is 11.9. The number of hydrogen-bond acceptors (Lipinski definition) is 3. The number of nitriles is 1. The van der Waals surface area contributed by atoms with Gasteiger partial charge >= 0.3 is 0 Å². The number of unbranched alkanes of at least 4 members (excludes halogenated alkanes) is 1. The monoisotopic (exact) mass is 313 g/mol. The molecule has 0 aliphatic heterocycles. The van der Waals surface area contributed by atoms with Crippen LogP contribution in [0.15, 0.2) is 24.3 Å². The first kappa shape index (κ1) is 17.0. The van der Waals surface area contributed by atoms with Crippen molar-refractivity contribution in [1.82, 2.24) is 0 Å². The zero-order chi connectivity index (χ0) is 15.2. The molecule has 20 heavy (non-hydrogen) atoms. The van der Waals surface area contributed by atoms with Crippen molar-refractivity contribution in [2.45, 2.75) is 38.9 Å². The molecule has 0 atom stereocenters. The molecule has 0 N–H and O–H groups in total. The van der Waals surface area contributed by atoms with Crippen molar-refractivity contribution in [3.05, 3.63) is 34.9 Å². The predicted octanol–water partition coefficient (Wildman–Crippen LogP) is 3.97. The van der Waals surface area contributed by atoms with Crippen LogP contribution in [0.2, 0.25) is 5.02 Å². The van der Waals surface area contributed by atoms with Crippen LogP contribution in [0, 0.1) is 16.7 Å². The van der Waals surface area contributed by atoms with Gasteiger partial charge < -0.3 is 0 Å². The molecule has 0 radical (unpaired) electrons. The van der Waals surface area contributed by atoms with Gasteiger partial charge in [0.15, 0.2) is 9.84 Å². The van der Waals surface area contributed by atoms with Gasteiger partial charge in [-0.25, -0.2) is 8.42 Å². The van der Waals surface area contributed by atoms with Crippen LogP contribution < -0.4 is 0 Å². The number of sulfone groups is 1. The number of nitrogens with zero attached hydrogens (tertiary/aromatic N) is 1. The Morgan fingerprint density at radius 2 is 1.80 bits per heavy atom. The smallest absolute Gasteiger partial charge is 0.154 e. The second-order valence-electron chi connectivity index (χ2n) is 5.67. The lowest BCUT2D eigenvalue weighted by Crippen LogP contribution is -2.12. The van der Waals surface area contributed by atoms with Crippen molar-refractivity contribution in [3.8, 4) is 6.07 Å². The number of rotatable bonds is 7. The minimum atomic E-state index is -3.10. The van der Waals surface area contributed by atoms with Crippen LogP contribution in [0.25, 0.3) is 0 Å². The SMILES string of the molecule is CC(C)(C#N)CCCCS(=O)(=O)Cc1ccc(Cl)cc1. The Morgan fingerprint density at radius 1 is 1.20 bits per heavy atom. The van der Waals surface area contributed by atoms with E-state index in [1.165, 1.54) is 0 Å². The van der Waals surface area contributed by atoms with Gasteiger partial charge in [0.2, 0.25) is 0 Å². The molecule has 0 spiro atoms. The van der Waals surface area contributed by atoms with Crippen LogP contribution >= 0.6 is 11.6 Å². The molecule has 1 aromatic rings. The van der Waals surface area contributed by atoms with Gasteiger partial charge in [0.1, 0.15) is 0 Å². The summed E-state index contributed by atoms with van der Waals surface area (Å²) in [6.07, 6.45) is 2.07. The lowest BCUT2D eigenvalue weighted by Gasteiger charge is -2.14. The highest BCUT2D eigenvalue weighted by Gasteiger charge is 2.17. The van der Waals surface area contributed by atoms with Gasteiger partial charge in [-0.15, -0.1) is 0 Å². The van der Waals surface area contributed by atoms with Gasteiger partial charge in [-0.05, 0) is 44.4 Å². The molecule has 0 amide bonds. The minimum absolute atomic E-state index is 0.0474. The molecule has 5 heteroatoms. The van der Waals surface area contributed by atoms with Gasteiger partial charge in [-0.1, -0.05) is 30.2 Å². The lowest BCUT2D eigenvalue weighted by atomic mass is 9.89. The van der Waals surface area contributed by atoms with Gasteiger partial charge in [0, 0.05) is 5.02 Å². The molecule has 0 unspecified atom stereocenters. The molecule has 0 fully saturated rings. The summed E-state index contributed by atoms with van der Waals surface area (Å²) in [7, 11) is -3.10. The Bertz CT molecular complexity index is 571. The Kier molecular flexibility index (Phi) is 6.04. The molecular formula is C15H20ClNO2S. The first-order valence-corrected chi connectivity index (χ1v) is 8.80. The molecule has 0 saturated carbocycles. The number of halogens is 1. The molecule has 110 valence electrons. The topological polar surface area (TPSA) is 57.9 Å². The highest BCUT2D eigenvalue weighted by molar-refractivity contribution is 7.90. The maximum Gasteiger partial charge on any atom is 0.154 e. The Morgan fingerprint density at radius 3 is 2.35 bits per heavy atom. The van der Waals surface area contributed by atoms with Crippen molar-refractivity contribution in [2.75, 3.05) is 5.75 Å². The largest absolute Gasteiger partial charge is 0.228 e. The average molecular weight is 314 g/mol. The van der Waals surface area contributed by atoms with Crippen molar-refractivity contribution in [2.24, 2.45) is 5.41 Å². The molecule has 3 nitrogen and oxygen atoms in total. The van der Waals surface area contributed by atoms with E-state index in [2.05, 4.69) is 6.07 Å². The summed E-state index contributed by atoms with van der Waals surface area (Å²) in [4.78, 5) is 0. The third-order valence-corrected chi connectivity index (χ3v) is 5.05. The summed E-state index contributed by atoms with van der Waals surface area (Å²) >= 11 is 5.77. The molecule has 0 heterocycles. The van der Waals surface area contributed by atoms with E-state index < -0.39 is 9.84 Å². The van der Waals surface area contributed by atoms with E-state index in [1.807, 2.05) is 13.8 Å².